The van der Waals surface area contributed by atoms with Crippen LogP contribution in [0.3, 0.4) is 0 Å². The average Bonchev–Trinajstić information content (AvgIpc) is 2.27. The van der Waals surface area contributed by atoms with Crippen molar-refractivity contribution in [2.45, 2.75) is 26.3 Å². The maximum Gasteiger partial charge on any atom is 0.275 e. The van der Waals surface area contributed by atoms with E-state index in [0.717, 1.165) is 0 Å². The zero-order valence-electron chi connectivity index (χ0n) is 10.1. The van der Waals surface area contributed by atoms with Crippen LogP contribution in [-0.4, -0.2) is 9.78 Å². The zero-order valence-corrected chi connectivity index (χ0v) is 10.1. The SMILES string of the molecule is [C-]#[N+]c1ccc2c(=O)n(C(C)(C)C)ncc2c1. The Bertz CT molecular complexity index is 672. The molecule has 4 heteroatoms. The molecule has 4 nitrogen and oxygen atoms in total. The van der Waals surface area contributed by atoms with E-state index in [1.54, 1.807) is 24.4 Å². The summed E-state index contributed by atoms with van der Waals surface area (Å²) in [5.74, 6) is 0. The molecular formula is C13H13N3O. The summed E-state index contributed by atoms with van der Waals surface area (Å²) in [5.41, 5.74) is 0.0581. The lowest BCUT2D eigenvalue weighted by Gasteiger charge is -2.20. The topological polar surface area (TPSA) is 39.2 Å². The third kappa shape index (κ3) is 1.92. The summed E-state index contributed by atoms with van der Waals surface area (Å²) in [6.07, 6.45) is 1.64. The van der Waals surface area contributed by atoms with Gasteiger partial charge in [-0.1, -0.05) is 12.1 Å². The van der Waals surface area contributed by atoms with Gasteiger partial charge < -0.3 is 0 Å². The predicted octanol–water partition coefficient (Wildman–Crippen LogP) is 2.70. The molecular weight excluding hydrogens is 214 g/mol. The summed E-state index contributed by atoms with van der Waals surface area (Å²) in [6.45, 7) is 12.7. The number of nitrogens with zero attached hydrogens (tertiary/aromatic N) is 3. The summed E-state index contributed by atoms with van der Waals surface area (Å²) in [7, 11) is 0. The molecule has 0 fully saturated rings. The Balaban J connectivity index is 2.79. The third-order valence-corrected chi connectivity index (χ3v) is 2.53. The number of aromatic nitrogens is 2. The van der Waals surface area contributed by atoms with Crippen LogP contribution in [0, 0.1) is 6.57 Å². The second-order valence-electron chi connectivity index (χ2n) is 4.92. The molecule has 0 spiro atoms. The van der Waals surface area contributed by atoms with Crippen molar-refractivity contribution in [3.8, 4) is 0 Å². The lowest BCUT2D eigenvalue weighted by Crippen LogP contribution is -2.35. The van der Waals surface area contributed by atoms with E-state index in [1.807, 2.05) is 20.8 Å². The number of rotatable bonds is 0. The van der Waals surface area contributed by atoms with Crippen molar-refractivity contribution in [2.24, 2.45) is 0 Å². The van der Waals surface area contributed by atoms with Gasteiger partial charge in [0.15, 0.2) is 5.69 Å². The Morgan fingerprint density at radius 3 is 2.65 bits per heavy atom. The van der Waals surface area contributed by atoms with E-state index in [1.165, 1.54) is 4.68 Å². The molecule has 86 valence electrons. The van der Waals surface area contributed by atoms with Crippen LogP contribution in [0.2, 0.25) is 0 Å². The van der Waals surface area contributed by atoms with Crippen LogP contribution in [-0.2, 0) is 5.54 Å². The van der Waals surface area contributed by atoms with Crippen molar-refractivity contribution in [2.75, 3.05) is 0 Å². The maximum atomic E-state index is 12.2. The largest absolute Gasteiger partial charge is 0.275 e. The molecule has 17 heavy (non-hydrogen) atoms. The fourth-order valence-electron chi connectivity index (χ4n) is 1.69. The molecule has 0 saturated carbocycles. The maximum absolute atomic E-state index is 12.2. The molecule has 0 N–H and O–H groups in total. The van der Waals surface area contributed by atoms with Gasteiger partial charge in [-0.2, -0.15) is 5.10 Å². The molecule has 0 radical (unpaired) electrons. The van der Waals surface area contributed by atoms with E-state index in [-0.39, 0.29) is 11.1 Å². The molecule has 2 aromatic rings. The number of fused-ring (bicyclic) bond motifs is 1. The summed E-state index contributed by atoms with van der Waals surface area (Å²) in [4.78, 5) is 15.5. The van der Waals surface area contributed by atoms with Gasteiger partial charge in [0.2, 0.25) is 0 Å². The minimum absolute atomic E-state index is 0.119. The standard InChI is InChI=1S/C13H13N3O/c1-13(2,3)16-12(17)11-6-5-10(14-4)7-9(11)8-15-16/h5-8H,1-3H3. The first-order valence-electron chi connectivity index (χ1n) is 5.33. The molecule has 0 aliphatic heterocycles. The lowest BCUT2D eigenvalue weighted by atomic mass is 10.1. The van der Waals surface area contributed by atoms with Crippen LogP contribution in [0.15, 0.2) is 29.2 Å². The zero-order chi connectivity index (χ0) is 12.6. The summed E-state index contributed by atoms with van der Waals surface area (Å²) >= 11 is 0. The Kier molecular flexibility index (Phi) is 2.47. The number of hydrogen-bond donors (Lipinski definition) is 0. The molecule has 0 aliphatic carbocycles. The van der Waals surface area contributed by atoms with Gasteiger partial charge in [0.05, 0.1) is 18.3 Å². The smallest absolute Gasteiger partial charge is 0.267 e. The van der Waals surface area contributed by atoms with Crippen LogP contribution in [0.1, 0.15) is 20.8 Å². The van der Waals surface area contributed by atoms with Crippen LogP contribution in [0.25, 0.3) is 15.6 Å². The number of hydrogen-bond acceptors (Lipinski definition) is 2. The molecule has 0 atom stereocenters. The number of benzene rings is 1. The molecule has 0 saturated heterocycles. The van der Waals surface area contributed by atoms with Crippen LogP contribution < -0.4 is 5.56 Å². The van der Waals surface area contributed by atoms with Crippen LogP contribution in [0.4, 0.5) is 5.69 Å². The van der Waals surface area contributed by atoms with Crippen molar-refractivity contribution in [3.05, 3.63) is 46.2 Å². The van der Waals surface area contributed by atoms with Crippen molar-refractivity contribution in [3.63, 3.8) is 0 Å². The first kappa shape index (κ1) is 11.3. The second-order valence-corrected chi connectivity index (χ2v) is 4.92. The highest BCUT2D eigenvalue weighted by Crippen LogP contribution is 2.19. The third-order valence-electron chi connectivity index (χ3n) is 2.53. The van der Waals surface area contributed by atoms with E-state index >= 15 is 0 Å². The van der Waals surface area contributed by atoms with Crippen molar-refractivity contribution >= 4 is 16.5 Å². The fourth-order valence-corrected chi connectivity index (χ4v) is 1.69. The van der Waals surface area contributed by atoms with E-state index in [4.69, 9.17) is 6.57 Å². The van der Waals surface area contributed by atoms with Gasteiger partial charge in [-0.3, -0.25) is 4.79 Å². The predicted molar refractivity (Wildman–Crippen MR) is 67.3 cm³/mol. The van der Waals surface area contributed by atoms with E-state index in [9.17, 15) is 4.79 Å². The highest BCUT2D eigenvalue weighted by atomic mass is 16.1. The Labute approximate surface area is 99.3 Å². The Morgan fingerprint density at radius 2 is 2.06 bits per heavy atom. The monoisotopic (exact) mass is 227 g/mol. The Hall–Kier alpha value is -2.15. The van der Waals surface area contributed by atoms with Gasteiger partial charge in [-0.05, 0) is 32.2 Å². The van der Waals surface area contributed by atoms with Crippen molar-refractivity contribution < 1.29 is 0 Å². The fraction of sp³-hybridized carbons (Fsp3) is 0.308. The van der Waals surface area contributed by atoms with E-state index < -0.39 is 0 Å². The lowest BCUT2D eigenvalue weighted by molar-refractivity contribution is 0.340. The first-order valence-corrected chi connectivity index (χ1v) is 5.33. The molecule has 1 heterocycles. The van der Waals surface area contributed by atoms with Gasteiger partial charge in [-0.15, -0.1) is 0 Å². The van der Waals surface area contributed by atoms with Gasteiger partial charge in [0.1, 0.15) is 0 Å². The normalized spacial score (nSPS) is 11.4. The van der Waals surface area contributed by atoms with Crippen LogP contribution >= 0.6 is 0 Å². The molecule has 0 unspecified atom stereocenters. The molecule has 0 bridgehead atoms. The molecule has 0 aliphatic rings. The minimum Gasteiger partial charge on any atom is -0.267 e. The van der Waals surface area contributed by atoms with E-state index in [0.29, 0.717) is 16.5 Å². The van der Waals surface area contributed by atoms with Crippen LogP contribution in [0.5, 0.6) is 0 Å². The summed E-state index contributed by atoms with van der Waals surface area (Å²) < 4.78 is 1.47. The summed E-state index contributed by atoms with van der Waals surface area (Å²) in [5, 5.41) is 5.47. The molecule has 1 aromatic heterocycles. The highest BCUT2D eigenvalue weighted by molar-refractivity contribution is 5.84. The van der Waals surface area contributed by atoms with Gasteiger partial charge in [0, 0.05) is 5.39 Å². The Morgan fingerprint density at radius 1 is 1.35 bits per heavy atom. The average molecular weight is 227 g/mol. The highest BCUT2D eigenvalue weighted by Gasteiger charge is 2.17. The quantitative estimate of drug-likeness (QED) is 0.649. The molecule has 0 amide bonds. The van der Waals surface area contributed by atoms with Gasteiger partial charge in [-0.25, -0.2) is 9.53 Å². The summed E-state index contributed by atoms with van der Waals surface area (Å²) in [6, 6.07) is 5.03. The van der Waals surface area contributed by atoms with Crippen molar-refractivity contribution in [1.29, 1.82) is 0 Å². The van der Waals surface area contributed by atoms with Crippen molar-refractivity contribution in [1.82, 2.24) is 9.78 Å². The van der Waals surface area contributed by atoms with Gasteiger partial charge >= 0.3 is 0 Å². The second kappa shape index (κ2) is 3.70. The minimum atomic E-state index is -0.344. The molecule has 1 aromatic carbocycles. The molecule has 2 rings (SSSR count). The first-order chi connectivity index (χ1) is 7.93. The van der Waals surface area contributed by atoms with Gasteiger partial charge in [0.25, 0.3) is 5.56 Å². The van der Waals surface area contributed by atoms with E-state index in [2.05, 4.69) is 9.94 Å².